The minimum atomic E-state index is -4.28. The molecule has 9 heteroatoms. The van der Waals surface area contributed by atoms with Crippen LogP contribution in [0.4, 0.5) is 0 Å². The Bertz CT molecular complexity index is 1060. The van der Waals surface area contributed by atoms with Crippen molar-refractivity contribution in [3.05, 3.63) is 24.3 Å². The predicted molar refractivity (Wildman–Crippen MR) is 270 cm³/mol. The van der Waals surface area contributed by atoms with Crippen molar-refractivity contribution >= 4 is 13.8 Å². The van der Waals surface area contributed by atoms with Crippen LogP contribution in [-0.4, -0.2) is 75.6 Å². The lowest BCUT2D eigenvalue weighted by atomic mass is 10.0. The second-order valence-electron chi connectivity index (χ2n) is 19.6. The Morgan fingerprint density at radius 2 is 0.873 bits per heavy atom. The van der Waals surface area contributed by atoms with Gasteiger partial charge in [0, 0.05) is 13.0 Å². The number of phosphoric acid groups is 1. The number of phosphoric ester groups is 1. The zero-order valence-corrected chi connectivity index (χ0v) is 43.5. The maximum absolute atomic E-state index is 12.8. The maximum Gasteiger partial charge on any atom is 0.472 e. The van der Waals surface area contributed by atoms with E-state index in [0.717, 1.165) is 38.5 Å². The number of likely N-dealkylation sites (N-methyl/N-ethyl adjacent to an activating group) is 1. The van der Waals surface area contributed by atoms with Gasteiger partial charge in [0.2, 0.25) is 0 Å². The molecule has 0 aliphatic carbocycles. The molecule has 0 fully saturated rings. The van der Waals surface area contributed by atoms with Gasteiger partial charge in [-0.15, -0.1) is 0 Å². The van der Waals surface area contributed by atoms with E-state index in [-0.39, 0.29) is 25.8 Å². The van der Waals surface area contributed by atoms with Gasteiger partial charge in [-0.05, 0) is 44.9 Å². The lowest BCUT2D eigenvalue weighted by Crippen LogP contribution is -2.37. The molecule has 0 amide bonds. The van der Waals surface area contributed by atoms with Gasteiger partial charge >= 0.3 is 13.8 Å². The Hall–Kier alpha value is -1.02. The molecule has 0 saturated heterocycles. The summed E-state index contributed by atoms with van der Waals surface area (Å²) in [5.74, 6) is -0.309. The Balaban J connectivity index is 4.07. The summed E-state index contributed by atoms with van der Waals surface area (Å²) in [4.78, 5) is 23.0. The average molecular weight is 913 g/mol. The number of carbonyl (C=O) groups is 1. The molecule has 1 N–H and O–H groups in total. The van der Waals surface area contributed by atoms with Crippen molar-refractivity contribution in [2.24, 2.45) is 0 Å². The fraction of sp³-hybridized carbons (Fsp3) is 0.907. The van der Waals surface area contributed by atoms with E-state index in [1.165, 1.54) is 199 Å². The summed E-state index contributed by atoms with van der Waals surface area (Å²) < 4.78 is 35.2. The number of quaternary nitrogens is 1. The van der Waals surface area contributed by atoms with Crippen molar-refractivity contribution in [2.45, 2.75) is 264 Å². The number of hydrogen-bond acceptors (Lipinski definition) is 6. The minimum Gasteiger partial charge on any atom is -0.457 e. The number of esters is 1. The first kappa shape index (κ1) is 62.0. The molecule has 0 aliphatic rings. The molecule has 374 valence electrons. The maximum atomic E-state index is 12.8. The zero-order valence-electron chi connectivity index (χ0n) is 42.6. The second-order valence-corrected chi connectivity index (χ2v) is 21.1. The highest BCUT2D eigenvalue weighted by atomic mass is 31.2. The summed E-state index contributed by atoms with van der Waals surface area (Å²) in [5.41, 5.74) is 0. The normalized spacial score (nSPS) is 13.7. The van der Waals surface area contributed by atoms with Crippen LogP contribution in [-0.2, 0) is 27.9 Å². The van der Waals surface area contributed by atoms with Crippen LogP contribution in [0.3, 0.4) is 0 Å². The van der Waals surface area contributed by atoms with E-state index < -0.39 is 13.9 Å². The van der Waals surface area contributed by atoms with Gasteiger partial charge in [0.1, 0.15) is 19.3 Å². The monoisotopic (exact) mass is 913 g/mol. The quantitative estimate of drug-likeness (QED) is 0.0214. The van der Waals surface area contributed by atoms with Crippen molar-refractivity contribution in [3.63, 3.8) is 0 Å². The molecule has 0 radical (unpaired) electrons. The number of hydrogen-bond donors (Lipinski definition) is 1. The molecule has 8 nitrogen and oxygen atoms in total. The number of nitrogens with zero attached hydrogens (tertiary/aromatic N) is 1. The third-order valence-corrected chi connectivity index (χ3v) is 13.0. The largest absolute Gasteiger partial charge is 0.472 e. The Morgan fingerprint density at radius 3 is 1.32 bits per heavy atom. The highest BCUT2D eigenvalue weighted by Gasteiger charge is 2.26. The molecule has 0 aromatic rings. The van der Waals surface area contributed by atoms with Crippen LogP contribution < -0.4 is 0 Å². The highest BCUT2D eigenvalue weighted by molar-refractivity contribution is 7.47. The summed E-state index contributed by atoms with van der Waals surface area (Å²) in [6, 6.07) is 0. The first-order chi connectivity index (χ1) is 30.6. The number of rotatable bonds is 51. The molecule has 0 aromatic heterocycles. The van der Waals surface area contributed by atoms with Crippen molar-refractivity contribution < 1.29 is 37.3 Å². The summed E-state index contributed by atoms with van der Waals surface area (Å²) in [6.07, 6.45) is 56.6. The molecule has 2 unspecified atom stereocenters. The Kier molecular flexibility index (Phi) is 46.7. The van der Waals surface area contributed by atoms with Crippen molar-refractivity contribution in [2.75, 3.05) is 54.1 Å². The van der Waals surface area contributed by atoms with Crippen molar-refractivity contribution in [1.82, 2.24) is 0 Å². The van der Waals surface area contributed by atoms with Gasteiger partial charge in [0.25, 0.3) is 0 Å². The Labute approximate surface area is 392 Å². The molecule has 0 spiro atoms. The summed E-state index contributed by atoms with van der Waals surface area (Å²) in [6.45, 7) is 5.64. The number of carbonyl (C=O) groups excluding carboxylic acids is 1. The van der Waals surface area contributed by atoms with E-state index in [9.17, 15) is 14.3 Å². The number of ether oxygens (including phenoxy) is 2. The summed E-state index contributed by atoms with van der Waals surface area (Å²) >= 11 is 0. The molecule has 0 bridgehead atoms. The standard InChI is InChI=1S/C54H106NO7P/c1-6-8-10-12-14-16-18-20-22-24-26-27-28-29-30-31-33-35-37-39-41-43-45-47-54(56)62-53(52-61-63(57,58)60-50-48-55(3,4)5)51-59-49-46-44-42-40-38-36-34-32-25-23-21-19-17-15-13-11-9-7-2/h15,17,21,23,53H,6-14,16,18-20,22,24-52H2,1-5H3/p+1/b17-15-,23-21-. The van der Waals surface area contributed by atoms with Crippen molar-refractivity contribution in [1.29, 1.82) is 0 Å². The van der Waals surface area contributed by atoms with Gasteiger partial charge in [-0.2, -0.15) is 0 Å². The second kappa shape index (κ2) is 47.5. The third kappa shape index (κ3) is 51.8. The van der Waals surface area contributed by atoms with Crippen LogP contribution in [0.5, 0.6) is 0 Å². The number of unbranched alkanes of at least 4 members (excludes halogenated alkanes) is 33. The summed E-state index contributed by atoms with van der Waals surface area (Å²) in [7, 11) is 1.68. The predicted octanol–water partition coefficient (Wildman–Crippen LogP) is 16.7. The first-order valence-electron chi connectivity index (χ1n) is 27.1. The summed E-state index contributed by atoms with van der Waals surface area (Å²) in [5, 5.41) is 0. The van der Waals surface area contributed by atoms with E-state index in [2.05, 4.69) is 38.2 Å². The molecular weight excluding hydrogens is 806 g/mol. The van der Waals surface area contributed by atoms with Gasteiger partial charge in [-0.3, -0.25) is 13.8 Å². The first-order valence-corrected chi connectivity index (χ1v) is 28.6. The molecule has 0 aliphatic heterocycles. The van der Waals surface area contributed by atoms with Crippen LogP contribution in [0.2, 0.25) is 0 Å². The molecular formula is C54H107NO7P+. The Morgan fingerprint density at radius 1 is 0.492 bits per heavy atom. The van der Waals surface area contributed by atoms with E-state index in [0.29, 0.717) is 24.1 Å². The molecule has 0 rings (SSSR count). The van der Waals surface area contributed by atoms with E-state index in [1.807, 2.05) is 21.1 Å². The SMILES string of the molecule is CCCCC/C=C\C/C=C\CCCCCCCCCCOCC(COP(=O)(O)OCC[N+](C)(C)C)OC(=O)CCCCCCCCCCCCCCCCCCCCCCCCC. The number of allylic oxidation sites excluding steroid dienone is 4. The smallest absolute Gasteiger partial charge is 0.457 e. The fourth-order valence-electron chi connectivity index (χ4n) is 7.82. The van der Waals surface area contributed by atoms with Gasteiger partial charge in [0.15, 0.2) is 0 Å². The van der Waals surface area contributed by atoms with Crippen LogP contribution in [0, 0.1) is 0 Å². The van der Waals surface area contributed by atoms with Crippen LogP contribution >= 0.6 is 7.82 Å². The van der Waals surface area contributed by atoms with Gasteiger partial charge in [-0.1, -0.05) is 231 Å². The van der Waals surface area contributed by atoms with E-state index in [4.69, 9.17) is 18.5 Å². The molecule has 0 heterocycles. The van der Waals surface area contributed by atoms with Crippen LogP contribution in [0.1, 0.15) is 258 Å². The van der Waals surface area contributed by atoms with Crippen molar-refractivity contribution in [3.8, 4) is 0 Å². The van der Waals surface area contributed by atoms with E-state index in [1.54, 1.807) is 0 Å². The van der Waals surface area contributed by atoms with E-state index >= 15 is 0 Å². The van der Waals surface area contributed by atoms with Crippen LogP contribution in [0.15, 0.2) is 24.3 Å². The minimum absolute atomic E-state index is 0.0898. The lowest BCUT2D eigenvalue weighted by Gasteiger charge is -2.24. The highest BCUT2D eigenvalue weighted by Crippen LogP contribution is 2.43. The van der Waals surface area contributed by atoms with Crippen LogP contribution in [0.25, 0.3) is 0 Å². The van der Waals surface area contributed by atoms with Gasteiger partial charge in [0.05, 0.1) is 34.4 Å². The zero-order chi connectivity index (χ0) is 46.2. The third-order valence-electron chi connectivity index (χ3n) is 12.0. The lowest BCUT2D eigenvalue weighted by molar-refractivity contribution is -0.870. The molecule has 0 saturated carbocycles. The van der Waals surface area contributed by atoms with Gasteiger partial charge < -0.3 is 18.9 Å². The van der Waals surface area contributed by atoms with Gasteiger partial charge in [-0.25, -0.2) is 4.57 Å². The average Bonchev–Trinajstić information content (AvgIpc) is 3.24. The molecule has 63 heavy (non-hydrogen) atoms. The fourth-order valence-corrected chi connectivity index (χ4v) is 8.56. The topological polar surface area (TPSA) is 91.3 Å². The molecule has 0 aromatic carbocycles. The molecule has 2 atom stereocenters.